The molecule has 0 saturated carbocycles. The van der Waals surface area contributed by atoms with Gasteiger partial charge in [0.25, 0.3) is 0 Å². The van der Waals surface area contributed by atoms with Gasteiger partial charge in [-0.3, -0.25) is 14.4 Å². The number of rotatable bonds is 7. The first-order valence-corrected chi connectivity index (χ1v) is 10.1. The van der Waals surface area contributed by atoms with E-state index in [4.69, 9.17) is 10.5 Å². The van der Waals surface area contributed by atoms with Gasteiger partial charge in [0.2, 0.25) is 0 Å². The molecule has 1 atom stereocenters. The smallest absolute Gasteiger partial charge is 0.323 e. The number of carbonyl (C=O) groups excluding carboxylic acids is 3. The van der Waals surface area contributed by atoms with Crippen molar-refractivity contribution in [3.8, 4) is 0 Å². The summed E-state index contributed by atoms with van der Waals surface area (Å²) in [6.07, 6.45) is 0.551. The number of esters is 1. The molecule has 158 valence electrons. The van der Waals surface area contributed by atoms with Crippen LogP contribution in [0, 0.1) is 5.92 Å². The van der Waals surface area contributed by atoms with Crippen LogP contribution in [0.3, 0.4) is 0 Å². The van der Waals surface area contributed by atoms with E-state index in [1.54, 1.807) is 42.5 Å². The first-order chi connectivity index (χ1) is 14.1. The number of benzene rings is 2. The van der Waals surface area contributed by atoms with Gasteiger partial charge in [0.1, 0.15) is 12.6 Å². The summed E-state index contributed by atoms with van der Waals surface area (Å²) < 4.78 is 5.41. The van der Waals surface area contributed by atoms with Crippen LogP contribution in [0.15, 0.2) is 42.5 Å². The molecule has 2 aromatic carbocycles. The number of ether oxygens (including phenoxy) is 1. The minimum Gasteiger partial charge on any atom is -0.462 e. The summed E-state index contributed by atoms with van der Waals surface area (Å²) >= 11 is 0. The maximum atomic E-state index is 13.1. The van der Waals surface area contributed by atoms with Crippen molar-refractivity contribution in [2.45, 2.75) is 45.7 Å². The molecule has 0 fully saturated rings. The monoisotopic (exact) mass is 408 g/mol. The fourth-order valence-electron chi connectivity index (χ4n) is 3.61. The maximum absolute atomic E-state index is 13.1. The standard InChI is InChI=1S/C24H28N2O4/c1-14(2)12-18(25)23(29)30-13-24(3,4)26-19-11-7-10-17-20(19)22(28)16-9-6-5-8-15(16)21(17)27/h5-11,14,18,26H,12-13,25H2,1-4H3/t18-/m0/s1. The third-order valence-corrected chi connectivity index (χ3v) is 5.03. The second-order valence-electron chi connectivity index (χ2n) is 8.78. The topological polar surface area (TPSA) is 98.5 Å². The number of fused-ring (bicyclic) bond motifs is 2. The molecule has 3 rings (SSSR count). The zero-order valence-electron chi connectivity index (χ0n) is 17.8. The second-order valence-corrected chi connectivity index (χ2v) is 8.78. The number of hydrogen-bond donors (Lipinski definition) is 2. The van der Waals surface area contributed by atoms with Crippen LogP contribution < -0.4 is 11.1 Å². The number of ketones is 2. The van der Waals surface area contributed by atoms with E-state index in [1.807, 2.05) is 27.7 Å². The number of hydrogen-bond acceptors (Lipinski definition) is 6. The summed E-state index contributed by atoms with van der Waals surface area (Å²) in [4.78, 5) is 38.2. The van der Waals surface area contributed by atoms with E-state index < -0.39 is 17.6 Å². The van der Waals surface area contributed by atoms with Crippen molar-refractivity contribution < 1.29 is 19.1 Å². The lowest BCUT2D eigenvalue weighted by molar-refractivity contribution is -0.146. The Hall–Kier alpha value is -2.99. The van der Waals surface area contributed by atoms with E-state index in [1.165, 1.54) is 0 Å². The average Bonchev–Trinajstić information content (AvgIpc) is 2.69. The molecule has 0 radical (unpaired) electrons. The third-order valence-electron chi connectivity index (χ3n) is 5.03. The summed E-state index contributed by atoms with van der Waals surface area (Å²) in [5.41, 5.74) is 7.28. The molecular weight excluding hydrogens is 380 g/mol. The molecule has 2 aromatic rings. The lowest BCUT2D eigenvalue weighted by atomic mass is 9.83. The third kappa shape index (κ3) is 4.44. The summed E-state index contributed by atoms with van der Waals surface area (Å²) in [6, 6.07) is 11.3. The molecule has 0 saturated heterocycles. The van der Waals surface area contributed by atoms with E-state index in [0.29, 0.717) is 40.3 Å². The largest absolute Gasteiger partial charge is 0.462 e. The summed E-state index contributed by atoms with van der Waals surface area (Å²) in [5.74, 6) is -0.530. The van der Waals surface area contributed by atoms with Gasteiger partial charge in [0.15, 0.2) is 11.6 Å². The van der Waals surface area contributed by atoms with Gasteiger partial charge in [-0.1, -0.05) is 50.2 Å². The van der Waals surface area contributed by atoms with E-state index in [2.05, 4.69) is 5.32 Å². The van der Waals surface area contributed by atoms with E-state index in [-0.39, 0.29) is 18.2 Å². The number of anilines is 1. The van der Waals surface area contributed by atoms with Crippen LogP contribution in [0.25, 0.3) is 0 Å². The molecule has 0 spiro atoms. The van der Waals surface area contributed by atoms with Crippen LogP contribution in [0.4, 0.5) is 5.69 Å². The molecule has 0 unspecified atom stereocenters. The van der Waals surface area contributed by atoms with Crippen LogP contribution in [-0.2, 0) is 9.53 Å². The van der Waals surface area contributed by atoms with E-state index in [0.717, 1.165) is 0 Å². The SMILES string of the molecule is CC(C)C[C@H](N)C(=O)OCC(C)(C)Nc1cccc2c1C(=O)c1ccccc1C2=O. The molecule has 30 heavy (non-hydrogen) atoms. The van der Waals surface area contributed by atoms with Crippen LogP contribution in [-0.4, -0.2) is 35.7 Å². The van der Waals surface area contributed by atoms with Crippen LogP contribution in [0.2, 0.25) is 0 Å². The van der Waals surface area contributed by atoms with Crippen molar-refractivity contribution in [1.29, 1.82) is 0 Å². The maximum Gasteiger partial charge on any atom is 0.323 e. The molecule has 6 nitrogen and oxygen atoms in total. The highest BCUT2D eigenvalue weighted by Gasteiger charge is 2.33. The highest BCUT2D eigenvalue weighted by Crippen LogP contribution is 2.33. The highest BCUT2D eigenvalue weighted by molar-refractivity contribution is 6.30. The Morgan fingerprint density at radius 3 is 2.23 bits per heavy atom. The zero-order chi connectivity index (χ0) is 22.1. The van der Waals surface area contributed by atoms with E-state index in [9.17, 15) is 14.4 Å². The fraction of sp³-hybridized carbons (Fsp3) is 0.375. The van der Waals surface area contributed by atoms with Gasteiger partial charge in [-0.05, 0) is 32.3 Å². The summed E-state index contributed by atoms with van der Waals surface area (Å²) in [7, 11) is 0. The second kappa shape index (κ2) is 8.40. The minimum atomic E-state index is -0.678. The van der Waals surface area contributed by atoms with Gasteiger partial charge in [0, 0.05) is 22.4 Å². The van der Waals surface area contributed by atoms with Gasteiger partial charge < -0.3 is 15.8 Å². The number of nitrogens with one attached hydrogen (secondary N) is 1. The van der Waals surface area contributed by atoms with Crippen molar-refractivity contribution in [2.24, 2.45) is 11.7 Å². The lowest BCUT2D eigenvalue weighted by Crippen LogP contribution is -2.41. The summed E-state index contributed by atoms with van der Waals surface area (Å²) in [6.45, 7) is 7.77. The van der Waals surface area contributed by atoms with Gasteiger partial charge in [-0.2, -0.15) is 0 Å². The molecule has 1 aliphatic carbocycles. The first-order valence-electron chi connectivity index (χ1n) is 10.1. The van der Waals surface area contributed by atoms with Crippen molar-refractivity contribution >= 4 is 23.2 Å². The Bertz CT molecular complexity index is 994. The molecule has 0 bridgehead atoms. The first kappa shape index (κ1) is 21.7. The predicted octanol–water partition coefficient (Wildman–Crippen LogP) is 3.57. The normalized spacial score (nSPS) is 14.2. The van der Waals surface area contributed by atoms with Crippen LogP contribution >= 0.6 is 0 Å². The molecule has 0 amide bonds. The van der Waals surface area contributed by atoms with Crippen molar-refractivity contribution in [2.75, 3.05) is 11.9 Å². The predicted molar refractivity (Wildman–Crippen MR) is 116 cm³/mol. The Morgan fingerprint density at radius 2 is 1.60 bits per heavy atom. The van der Waals surface area contributed by atoms with Crippen molar-refractivity contribution in [3.63, 3.8) is 0 Å². The van der Waals surface area contributed by atoms with Crippen LogP contribution in [0.1, 0.15) is 66.0 Å². The number of carbonyl (C=O) groups is 3. The molecule has 0 aromatic heterocycles. The fourth-order valence-corrected chi connectivity index (χ4v) is 3.61. The van der Waals surface area contributed by atoms with Gasteiger partial charge in [-0.15, -0.1) is 0 Å². The Morgan fingerprint density at radius 1 is 1.00 bits per heavy atom. The van der Waals surface area contributed by atoms with Crippen molar-refractivity contribution in [1.82, 2.24) is 0 Å². The molecular formula is C24H28N2O4. The molecule has 3 N–H and O–H groups in total. The zero-order valence-corrected chi connectivity index (χ0v) is 17.8. The van der Waals surface area contributed by atoms with Crippen LogP contribution in [0.5, 0.6) is 0 Å². The van der Waals surface area contributed by atoms with Gasteiger partial charge in [0.05, 0.1) is 11.1 Å². The molecule has 0 aliphatic heterocycles. The average molecular weight is 408 g/mol. The minimum absolute atomic E-state index is 0.0695. The Balaban J connectivity index is 1.80. The Kier molecular flexibility index (Phi) is 6.08. The highest BCUT2D eigenvalue weighted by atomic mass is 16.5. The molecule has 6 heteroatoms. The van der Waals surface area contributed by atoms with Gasteiger partial charge in [-0.25, -0.2) is 0 Å². The number of nitrogens with two attached hydrogens (primary N) is 1. The Labute approximate surface area is 176 Å². The van der Waals surface area contributed by atoms with Gasteiger partial charge >= 0.3 is 5.97 Å². The lowest BCUT2D eigenvalue weighted by Gasteiger charge is -2.30. The molecule has 1 aliphatic rings. The van der Waals surface area contributed by atoms with E-state index >= 15 is 0 Å². The quantitative estimate of drug-likeness (QED) is 0.580. The molecule has 0 heterocycles. The van der Waals surface area contributed by atoms with Crippen molar-refractivity contribution in [3.05, 3.63) is 64.7 Å². The summed E-state index contributed by atoms with van der Waals surface area (Å²) in [5, 5.41) is 3.27.